The number of imidazole rings is 1. The molecule has 10 heteroatoms. The van der Waals surface area contributed by atoms with E-state index in [4.69, 9.17) is 21.6 Å². The van der Waals surface area contributed by atoms with E-state index in [1.54, 1.807) is 6.07 Å². The van der Waals surface area contributed by atoms with Crippen LogP contribution in [0, 0.1) is 12.3 Å². The minimum atomic E-state index is -0.113. The SMILES string of the molecule is C#Cc1cc2c(cc1Sc1nc3c(N)ncnc3n1CCNC(C)=O)OCO2. The smallest absolute Gasteiger partial charge is 0.231 e. The second-order valence-corrected chi connectivity index (χ2v) is 6.92. The highest BCUT2D eigenvalue weighted by molar-refractivity contribution is 7.99. The first kappa shape index (κ1) is 17.9. The number of nitrogen functional groups attached to an aromatic ring is 1. The van der Waals surface area contributed by atoms with Crippen LogP contribution < -0.4 is 20.5 Å². The molecule has 0 spiro atoms. The number of ether oxygens (including phenoxy) is 2. The Bertz CT molecular complexity index is 1120. The van der Waals surface area contributed by atoms with E-state index in [9.17, 15) is 4.79 Å². The highest BCUT2D eigenvalue weighted by Crippen LogP contribution is 2.40. The summed E-state index contributed by atoms with van der Waals surface area (Å²) in [5.41, 5.74) is 7.71. The fourth-order valence-electron chi connectivity index (χ4n) is 2.78. The first-order valence-electron chi connectivity index (χ1n) is 8.36. The summed E-state index contributed by atoms with van der Waals surface area (Å²) in [6, 6.07) is 3.60. The van der Waals surface area contributed by atoms with Crippen LogP contribution in [0.15, 0.2) is 28.5 Å². The predicted molar refractivity (Wildman–Crippen MR) is 103 cm³/mol. The molecule has 0 unspecified atom stereocenters. The zero-order valence-corrected chi connectivity index (χ0v) is 15.7. The summed E-state index contributed by atoms with van der Waals surface area (Å²) in [6.07, 6.45) is 7.06. The Morgan fingerprint density at radius 2 is 2.18 bits per heavy atom. The molecule has 3 heterocycles. The normalized spacial score (nSPS) is 12.1. The van der Waals surface area contributed by atoms with E-state index in [0.717, 1.165) is 4.90 Å². The van der Waals surface area contributed by atoms with Crippen LogP contribution in [-0.2, 0) is 11.3 Å². The fourth-order valence-corrected chi connectivity index (χ4v) is 3.79. The van der Waals surface area contributed by atoms with Crippen LogP contribution in [0.2, 0.25) is 0 Å². The number of nitrogens with two attached hydrogens (primary N) is 1. The summed E-state index contributed by atoms with van der Waals surface area (Å²) < 4.78 is 12.7. The number of aromatic nitrogens is 4. The first-order chi connectivity index (χ1) is 13.6. The van der Waals surface area contributed by atoms with Gasteiger partial charge in [-0.25, -0.2) is 15.0 Å². The molecule has 1 aliphatic heterocycles. The molecule has 28 heavy (non-hydrogen) atoms. The van der Waals surface area contributed by atoms with Gasteiger partial charge in [-0.05, 0) is 6.07 Å². The molecule has 1 aliphatic rings. The third kappa shape index (κ3) is 3.27. The monoisotopic (exact) mass is 396 g/mol. The molecule has 0 aliphatic carbocycles. The molecule has 0 fully saturated rings. The van der Waals surface area contributed by atoms with Crippen molar-refractivity contribution in [1.82, 2.24) is 24.8 Å². The molecule has 0 atom stereocenters. The van der Waals surface area contributed by atoms with E-state index in [2.05, 4.69) is 26.2 Å². The van der Waals surface area contributed by atoms with Crippen molar-refractivity contribution in [3.63, 3.8) is 0 Å². The summed E-state index contributed by atoms with van der Waals surface area (Å²) in [7, 11) is 0. The molecule has 0 saturated heterocycles. The third-order valence-electron chi connectivity index (χ3n) is 4.07. The van der Waals surface area contributed by atoms with Crippen LogP contribution in [0.5, 0.6) is 11.5 Å². The Labute approximate surface area is 164 Å². The number of carbonyl (C=O) groups excluding carboxylic acids is 1. The quantitative estimate of drug-likeness (QED) is 0.622. The molecule has 142 valence electrons. The zero-order chi connectivity index (χ0) is 19.7. The number of anilines is 1. The van der Waals surface area contributed by atoms with Crippen molar-refractivity contribution in [3.05, 3.63) is 24.0 Å². The predicted octanol–water partition coefficient (Wildman–Crippen LogP) is 1.41. The minimum absolute atomic E-state index is 0.113. The Hall–Kier alpha value is -3.45. The average molecular weight is 396 g/mol. The Morgan fingerprint density at radius 3 is 2.93 bits per heavy atom. The number of carbonyl (C=O) groups is 1. The lowest BCUT2D eigenvalue weighted by molar-refractivity contribution is -0.118. The minimum Gasteiger partial charge on any atom is -0.454 e. The average Bonchev–Trinajstić information content (AvgIpc) is 3.26. The van der Waals surface area contributed by atoms with Gasteiger partial charge in [0, 0.05) is 36.5 Å². The lowest BCUT2D eigenvalue weighted by Crippen LogP contribution is -2.24. The van der Waals surface area contributed by atoms with Crippen LogP contribution in [-0.4, -0.2) is 38.8 Å². The molecule has 0 bridgehead atoms. The lowest BCUT2D eigenvalue weighted by atomic mass is 10.2. The maximum absolute atomic E-state index is 11.2. The van der Waals surface area contributed by atoms with Gasteiger partial charge in [-0.3, -0.25) is 4.79 Å². The van der Waals surface area contributed by atoms with Gasteiger partial charge >= 0.3 is 0 Å². The molecule has 0 saturated carbocycles. The molecule has 0 radical (unpaired) electrons. The number of benzene rings is 1. The van der Waals surface area contributed by atoms with Crippen molar-refractivity contribution < 1.29 is 14.3 Å². The second-order valence-electron chi connectivity index (χ2n) is 5.91. The third-order valence-corrected chi connectivity index (χ3v) is 5.12. The summed E-state index contributed by atoms with van der Waals surface area (Å²) in [5.74, 6) is 4.08. The largest absolute Gasteiger partial charge is 0.454 e. The Morgan fingerprint density at radius 1 is 1.39 bits per heavy atom. The van der Waals surface area contributed by atoms with E-state index in [1.165, 1.54) is 25.0 Å². The molecular weight excluding hydrogens is 380 g/mol. The first-order valence-corrected chi connectivity index (χ1v) is 9.17. The number of fused-ring (bicyclic) bond motifs is 2. The standard InChI is InChI=1S/C18H16N6O3S/c1-3-11-6-12-13(27-9-26-12)7-14(11)28-18-23-15-16(19)21-8-22-17(15)24(18)5-4-20-10(2)25/h1,6-8H,4-5,9H2,2H3,(H,20,25)(H2,19,21,22). The van der Waals surface area contributed by atoms with Gasteiger partial charge in [0.05, 0.1) is 0 Å². The van der Waals surface area contributed by atoms with E-state index < -0.39 is 0 Å². The summed E-state index contributed by atoms with van der Waals surface area (Å²) >= 11 is 1.36. The maximum Gasteiger partial charge on any atom is 0.231 e. The van der Waals surface area contributed by atoms with E-state index in [-0.39, 0.29) is 18.5 Å². The molecule has 1 amide bonds. The van der Waals surface area contributed by atoms with Crippen molar-refractivity contribution >= 4 is 34.7 Å². The number of amides is 1. The van der Waals surface area contributed by atoms with Crippen LogP contribution in [0.3, 0.4) is 0 Å². The van der Waals surface area contributed by atoms with Crippen molar-refractivity contribution in [2.45, 2.75) is 23.5 Å². The van der Waals surface area contributed by atoms with Gasteiger partial charge in [-0.15, -0.1) is 6.42 Å². The topological polar surface area (TPSA) is 117 Å². The van der Waals surface area contributed by atoms with Crippen molar-refractivity contribution in [3.8, 4) is 23.8 Å². The molecule has 9 nitrogen and oxygen atoms in total. The maximum atomic E-state index is 11.2. The van der Waals surface area contributed by atoms with Crippen LogP contribution >= 0.6 is 11.8 Å². The summed E-state index contributed by atoms with van der Waals surface area (Å²) in [5, 5.41) is 3.40. The summed E-state index contributed by atoms with van der Waals surface area (Å²) in [4.78, 5) is 24.9. The molecule has 3 N–H and O–H groups in total. The second kappa shape index (κ2) is 7.28. The van der Waals surface area contributed by atoms with Crippen molar-refractivity contribution in [2.24, 2.45) is 0 Å². The molecule has 1 aromatic carbocycles. The van der Waals surface area contributed by atoms with Gasteiger partial charge in [0.25, 0.3) is 0 Å². The van der Waals surface area contributed by atoms with E-state index in [0.29, 0.717) is 46.5 Å². The number of hydrogen-bond donors (Lipinski definition) is 2. The Kier molecular flexibility index (Phi) is 4.67. The molecule has 3 aromatic rings. The highest BCUT2D eigenvalue weighted by Gasteiger charge is 2.21. The Balaban J connectivity index is 1.75. The van der Waals surface area contributed by atoms with Crippen LogP contribution in [0.1, 0.15) is 12.5 Å². The van der Waals surface area contributed by atoms with E-state index in [1.807, 2.05) is 10.6 Å². The molecule has 4 rings (SSSR count). The molecule has 2 aromatic heterocycles. The van der Waals surface area contributed by atoms with Gasteiger partial charge in [0.1, 0.15) is 6.33 Å². The van der Waals surface area contributed by atoms with Crippen molar-refractivity contribution in [1.29, 1.82) is 0 Å². The lowest BCUT2D eigenvalue weighted by Gasteiger charge is -2.10. The van der Waals surface area contributed by atoms with Crippen LogP contribution in [0.4, 0.5) is 5.82 Å². The number of hydrogen-bond acceptors (Lipinski definition) is 8. The molecular formula is C18H16N6O3S. The zero-order valence-electron chi connectivity index (χ0n) is 14.9. The summed E-state index contributed by atoms with van der Waals surface area (Å²) in [6.45, 7) is 2.51. The van der Waals surface area contributed by atoms with Gasteiger partial charge in [-0.1, -0.05) is 17.7 Å². The number of nitrogens with one attached hydrogen (secondary N) is 1. The van der Waals surface area contributed by atoms with Gasteiger partial charge in [0.15, 0.2) is 33.6 Å². The van der Waals surface area contributed by atoms with Gasteiger partial charge < -0.3 is 25.1 Å². The number of terminal acetylenes is 1. The number of rotatable bonds is 5. The fraction of sp³-hybridized carbons (Fsp3) is 0.222. The van der Waals surface area contributed by atoms with Crippen LogP contribution in [0.25, 0.3) is 11.2 Å². The highest BCUT2D eigenvalue weighted by atomic mass is 32.2. The number of nitrogens with zero attached hydrogens (tertiary/aromatic N) is 4. The van der Waals surface area contributed by atoms with E-state index >= 15 is 0 Å². The van der Waals surface area contributed by atoms with Gasteiger partial charge in [0.2, 0.25) is 12.7 Å². The van der Waals surface area contributed by atoms with Crippen molar-refractivity contribution in [2.75, 3.05) is 19.1 Å². The van der Waals surface area contributed by atoms with Gasteiger partial charge in [-0.2, -0.15) is 0 Å².